The van der Waals surface area contributed by atoms with Gasteiger partial charge in [-0.15, -0.1) is 0 Å². The molecule has 2 aliphatic heterocycles. The first-order chi connectivity index (χ1) is 13.5. The molecule has 2 aromatic rings. The summed E-state index contributed by atoms with van der Waals surface area (Å²) in [7, 11) is 0. The average molecular weight is 380 g/mol. The second-order valence-electron chi connectivity index (χ2n) is 6.76. The van der Waals surface area contributed by atoms with Crippen LogP contribution >= 0.6 is 0 Å². The van der Waals surface area contributed by atoms with E-state index in [0.29, 0.717) is 16.8 Å². The largest absolute Gasteiger partial charge is 0.465 e. The Labute approximate surface area is 162 Å². The van der Waals surface area contributed by atoms with Crippen LogP contribution in [0.1, 0.15) is 18.1 Å². The number of benzene rings is 2. The highest BCUT2D eigenvalue weighted by atomic mass is 16.5. The van der Waals surface area contributed by atoms with Crippen molar-refractivity contribution in [3.63, 3.8) is 0 Å². The Morgan fingerprint density at radius 3 is 2.54 bits per heavy atom. The molecule has 0 unspecified atom stereocenters. The van der Waals surface area contributed by atoms with Crippen LogP contribution in [0.25, 0.3) is 0 Å². The van der Waals surface area contributed by atoms with Crippen molar-refractivity contribution in [2.75, 3.05) is 24.6 Å². The van der Waals surface area contributed by atoms with Crippen molar-refractivity contribution in [1.82, 2.24) is 4.90 Å². The molecule has 144 valence electrons. The minimum Gasteiger partial charge on any atom is -0.465 e. The molecule has 0 aromatic heterocycles. The SMILES string of the molecule is CCOC(=O)CN1C(=O)CN2C(=O)[C@@H](O)[C@@]2(c2ccccc2)c2ccccc21. The van der Waals surface area contributed by atoms with Crippen molar-refractivity contribution >= 4 is 23.5 Å². The second-order valence-corrected chi connectivity index (χ2v) is 6.76. The highest BCUT2D eigenvalue weighted by Crippen LogP contribution is 2.51. The third-order valence-electron chi connectivity index (χ3n) is 5.33. The highest BCUT2D eigenvalue weighted by Gasteiger charge is 2.64. The number of esters is 1. The van der Waals surface area contributed by atoms with Crippen LogP contribution in [0.4, 0.5) is 5.69 Å². The number of carbonyl (C=O) groups excluding carboxylic acids is 3. The molecule has 2 heterocycles. The highest BCUT2D eigenvalue weighted by molar-refractivity contribution is 6.06. The maximum Gasteiger partial charge on any atom is 0.326 e. The van der Waals surface area contributed by atoms with Crippen LogP contribution in [0.15, 0.2) is 54.6 Å². The molecule has 1 saturated heterocycles. The summed E-state index contributed by atoms with van der Waals surface area (Å²) in [6.07, 6.45) is -1.31. The predicted molar refractivity (Wildman–Crippen MR) is 100 cm³/mol. The summed E-state index contributed by atoms with van der Waals surface area (Å²) in [5.74, 6) is -1.45. The number of aliphatic hydroxyl groups is 1. The molecule has 7 heteroatoms. The smallest absolute Gasteiger partial charge is 0.326 e. The van der Waals surface area contributed by atoms with E-state index in [-0.39, 0.29) is 19.7 Å². The Kier molecular flexibility index (Phi) is 4.39. The molecule has 1 N–H and O–H groups in total. The fourth-order valence-electron chi connectivity index (χ4n) is 4.13. The van der Waals surface area contributed by atoms with Crippen LogP contribution in [0.5, 0.6) is 0 Å². The lowest BCUT2D eigenvalue weighted by Gasteiger charge is -2.54. The number of para-hydroxylation sites is 1. The molecule has 0 bridgehead atoms. The van der Waals surface area contributed by atoms with Gasteiger partial charge in [-0.1, -0.05) is 48.5 Å². The van der Waals surface area contributed by atoms with Gasteiger partial charge < -0.3 is 14.7 Å². The monoisotopic (exact) mass is 380 g/mol. The second kappa shape index (κ2) is 6.76. The summed E-state index contributed by atoms with van der Waals surface area (Å²) in [6.45, 7) is 1.41. The Bertz CT molecular complexity index is 945. The van der Waals surface area contributed by atoms with Gasteiger partial charge in [0.15, 0.2) is 6.10 Å². The van der Waals surface area contributed by atoms with Crippen molar-refractivity contribution in [2.45, 2.75) is 18.6 Å². The number of carbonyl (C=O) groups is 3. The van der Waals surface area contributed by atoms with Crippen molar-refractivity contribution in [3.05, 3.63) is 65.7 Å². The van der Waals surface area contributed by atoms with E-state index in [2.05, 4.69) is 0 Å². The number of hydrogen-bond donors (Lipinski definition) is 1. The van der Waals surface area contributed by atoms with Gasteiger partial charge in [-0.25, -0.2) is 0 Å². The Balaban J connectivity index is 1.91. The van der Waals surface area contributed by atoms with Crippen molar-refractivity contribution in [1.29, 1.82) is 0 Å². The summed E-state index contributed by atoms with van der Waals surface area (Å²) in [4.78, 5) is 40.3. The van der Waals surface area contributed by atoms with Gasteiger partial charge in [0.2, 0.25) is 5.91 Å². The molecular formula is C21H20N2O5. The average Bonchev–Trinajstić information content (AvgIpc) is 2.81. The molecule has 7 nitrogen and oxygen atoms in total. The number of ether oxygens (including phenoxy) is 1. The van der Waals surface area contributed by atoms with Gasteiger partial charge in [-0.3, -0.25) is 19.3 Å². The standard InChI is InChI=1S/C21H20N2O5/c1-2-28-18(25)13-22-16-11-7-6-10-15(16)21(14-8-4-3-5-9-14)19(26)20(27)23(21)12-17(22)24/h3-11,19,26H,2,12-13H2,1H3/t19-,21-/m1/s1. The zero-order valence-electron chi connectivity index (χ0n) is 15.4. The third-order valence-corrected chi connectivity index (χ3v) is 5.33. The number of nitrogens with zero attached hydrogens (tertiary/aromatic N) is 2. The lowest BCUT2D eigenvalue weighted by molar-refractivity contribution is -0.181. The van der Waals surface area contributed by atoms with Crippen molar-refractivity contribution in [3.8, 4) is 0 Å². The maximum absolute atomic E-state index is 13.0. The molecule has 4 rings (SSSR count). The lowest BCUT2D eigenvalue weighted by Crippen LogP contribution is -2.72. The fourth-order valence-corrected chi connectivity index (χ4v) is 4.13. The minimum absolute atomic E-state index is 0.208. The Morgan fingerprint density at radius 1 is 1.14 bits per heavy atom. The van der Waals surface area contributed by atoms with Crippen LogP contribution < -0.4 is 4.90 Å². The summed E-state index contributed by atoms with van der Waals surface area (Å²) in [6, 6.07) is 16.2. The zero-order valence-corrected chi connectivity index (χ0v) is 15.4. The van der Waals surface area contributed by atoms with Crippen LogP contribution in [-0.2, 0) is 24.7 Å². The fraction of sp³-hybridized carbons (Fsp3) is 0.286. The number of rotatable bonds is 4. The molecule has 1 fully saturated rings. The summed E-state index contributed by atoms with van der Waals surface area (Å²) >= 11 is 0. The molecule has 2 aromatic carbocycles. The van der Waals surface area contributed by atoms with Gasteiger partial charge in [0, 0.05) is 5.56 Å². The lowest BCUT2D eigenvalue weighted by atomic mass is 9.70. The zero-order chi connectivity index (χ0) is 19.9. The van der Waals surface area contributed by atoms with Crippen LogP contribution in [0, 0.1) is 0 Å². The normalized spacial score (nSPS) is 23.4. The van der Waals surface area contributed by atoms with Gasteiger partial charge in [0.25, 0.3) is 5.91 Å². The van der Waals surface area contributed by atoms with E-state index in [1.54, 1.807) is 31.2 Å². The molecule has 2 amide bonds. The number of hydrogen-bond acceptors (Lipinski definition) is 5. The Morgan fingerprint density at radius 2 is 1.82 bits per heavy atom. The molecule has 0 spiro atoms. The van der Waals surface area contributed by atoms with Gasteiger partial charge in [-0.05, 0) is 18.6 Å². The summed E-state index contributed by atoms with van der Waals surface area (Å²) in [5.41, 5.74) is 0.621. The first-order valence-electron chi connectivity index (χ1n) is 9.12. The van der Waals surface area contributed by atoms with Gasteiger partial charge in [0.05, 0.1) is 12.3 Å². The summed E-state index contributed by atoms with van der Waals surface area (Å²) in [5, 5.41) is 10.8. The van der Waals surface area contributed by atoms with Crippen LogP contribution in [0.3, 0.4) is 0 Å². The van der Waals surface area contributed by atoms with Crippen molar-refractivity contribution < 1.29 is 24.2 Å². The van der Waals surface area contributed by atoms with E-state index in [1.807, 2.05) is 30.3 Å². The number of β-lactam (4-membered cyclic amide) rings is 1. The predicted octanol–water partition coefficient (Wildman–Crippen LogP) is 1.04. The van der Waals surface area contributed by atoms with E-state index in [0.717, 1.165) is 0 Å². The van der Waals surface area contributed by atoms with Gasteiger partial charge >= 0.3 is 5.97 Å². The van der Waals surface area contributed by atoms with E-state index in [9.17, 15) is 19.5 Å². The van der Waals surface area contributed by atoms with Gasteiger partial charge in [0.1, 0.15) is 18.6 Å². The molecule has 2 atom stereocenters. The van der Waals surface area contributed by atoms with Gasteiger partial charge in [-0.2, -0.15) is 0 Å². The molecular weight excluding hydrogens is 360 g/mol. The quantitative estimate of drug-likeness (QED) is 0.633. The summed E-state index contributed by atoms with van der Waals surface area (Å²) < 4.78 is 5.01. The first-order valence-corrected chi connectivity index (χ1v) is 9.12. The van der Waals surface area contributed by atoms with Crippen LogP contribution in [0.2, 0.25) is 0 Å². The number of anilines is 1. The number of amides is 2. The van der Waals surface area contributed by atoms with E-state index in [4.69, 9.17) is 4.74 Å². The molecule has 28 heavy (non-hydrogen) atoms. The topological polar surface area (TPSA) is 87.2 Å². The molecule has 0 radical (unpaired) electrons. The molecule has 2 aliphatic rings. The van der Waals surface area contributed by atoms with E-state index in [1.165, 1.54) is 9.80 Å². The maximum atomic E-state index is 13.0. The molecule has 0 aliphatic carbocycles. The van der Waals surface area contributed by atoms with E-state index < -0.39 is 29.4 Å². The third kappa shape index (κ3) is 2.43. The molecule has 0 saturated carbocycles. The van der Waals surface area contributed by atoms with Crippen molar-refractivity contribution in [2.24, 2.45) is 0 Å². The van der Waals surface area contributed by atoms with Crippen LogP contribution in [-0.4, -0.2) is 53.6 Å². The Hall–Kier alpha value is -3.19. The number of fused-ring (bicyclic) bond motifs is 3. The van der Waals surface area contributed by atoms with E-state index >= 15 is 0 Å². The first kappa shape index (κ1) is 18.2. The number of aliphatic hydroxyl groups excluding tert-OH is 1. The minimum atomic E-state index is -1.31.